The predicted molar refractivity (Wildman–Crippen MR) is 151 cm³/mol. The number of hydrogen-bond donors (Lipinski definition) is 1. The van der Waals surface area contributed by atoms with Crippen LogP contribution in [0, 0.1) is 13.8 Å². The highest BCUT2D eigenvalue weighted by Crippen LogP contribution is 2.30. The third-order valence-corrected chi connectivity index (χ3v) is 8.10. The normalized spacial score (nSPS) is 20.5. The maximum atomic E-state index is 13.6. The first-order valence-corrected chi connectivity index (χ1v) is 14.0. The minimum Gasteiger partial charge on any atom is -0.497 e. The van der Waals surface area contributed by atoms with Crippen LogP contribution in [0.15, 0.2) is 36.4 Å². The molecule has 0 aliphatic carbocycles. The summed E-state index contributed by atoms with van der Waals surface area (Å²) in [6.07, 6.45) is 1.72. The maximum absolute atomic E-state index is 13.6. The van der Waals surface area contributed by atoms with Crippen molar-refractivity contribution in [1.82, 2.24) is 15.1 Å². The number of carbonyl (C=O) groups excluding carboxylic acids is 2. The molecule has 2 heterocycles. The van der Waals surface area contributed by atoms with Gasteiger partial charge in [0.25, 0.3) is 0 Å². The van der Waals surface area contributed by atoms with Crippen LogP contribution in [0.2, 0.25) is 5.02 Å². The highest BCUT2D eigenvalue weighted by atomic mass is 35.5. The largest absolute Gasteiger partial charge is 0.497 e. The number of ether oxygens (including phenoxy) is 3. The fourth-order valence-electron chi connectivity index (χ4n) is 5.49. The van der Waals surface area contributed by atoms with E-state index in [1.54, 1.807) is 7.11 Å². The van der Waals surface area contributed by atoms with Crippen molar-refractivity contribution < 1.29 is 23.8 Å². The molecule has 0 unspecified atom stereocenters. The van der Waals surface area contributed by atoms with Crippen LogP contribution in [-0.2, 0) is 20.9 Å². The first-order chi connectivity index (χ1) is 18.7. The molecule has 2 aliphatic heterocycles. The number of halogens is 1. The number of nitrogens with zero attached hydrogens (tertiary/aromatic N) is 2. The molecule has 0 aromatic heterocycles. The van der Waals surface area contributed by atoms with E-state index in [0.717, 1.165) is 53.4 Å². The van der Waals surface area contributed by atoms with Crippen LogP contribution in [0.5, 0.6) is 11.5 Å². The Bertz CT molecular complexity index is 1140. The molecule has 4 rings (SSSR count). The van der Waals surface area contributed by atoms with Gasteiger partial charge in [-0.2, -0.15) is 0 Å². The minimum absolute atomic E-state index is 0.0321. The number of morpholine rings is 1. The Labute approximate surface area is 236 Å². The molecule has 1 atom stereocenters. The van der Waals surface area contributed by atoms with Crippen molar-refractivity contribution in [3.05, 3.63) is 58.1 Å². The molecule has 9 heteroatoms. The summed E-state index contributed by atoms with van der Waals surface area (Å²) in [6, 6.07) is 12.0. The molecule has 2 aliphatic rings. The average molecular weight is 558 g/mol. The standard InChI is InChI=1S/C30H40ClN3O5/c1-21-14-27(15-22(2)29(21)31)38-20-30(17-28(36)34-10-8-25(9-11-34)32-23(3)35)19-33(12-13-39-30)18-24-6-5-7-26(16-24)37-4/h5-7,14-16,25H,8-13,17-20H2,1-4H3,(H,32,35)/t30-/m0/s1. The number of benzene rings is 2. The van der Waals surface area contributed by atoms with Gasteiger partial charge in [0.05, 0.1) is 20.1 Å². The monoisotopic (exact) mass is 557 g/mol. The van der Waals surface area contributed by atoms with E-state index in [2.05, 4.69) is 16.3 Å². The average Bonchev–Trinajstić information content (AvgIpc) is 2.91. The summed E-state index contributed by atoms with van der Waals surface area (Å²) in [5.41, 5.74) is 2.23. The third-order valence-electron chi connectivity index (χ3n) is 7.51. The molecule has 212 valence electrons. The van der Waals surface area contributed by atoms with Gasteiger partial charge in [-0.05, 0) is 67.6 Å². The molecule has 2 aromatic carbocycles. The number of nitrogens with one attached hydrogen (secondary N) is 1. The van der Waals surface area contributed by atoms with Crippen molar-refractivity contribution >= 4 is 23.4 Å². The fourth-order valence-corrected chi connectivity index (χ4v) is 5.59. The van der Waals surface area contributed by atoms with E-state index < -0.39 is 5.60 Å². The first kappa shape index (κ1) is 29.2. The summed E-state index contributed by atoms with van der Waals surface area (Å²) in [5, 5.41) is 3.70. The quantitative estimate of drug-likeness (QED) is 0.499. The van der Waals surface area contributed by atoms with Crippen LogP contribution < -0.4 is 14.8 Å². The van der Waals surface area contributed by atoms with Gasteiger partial charge in [-0.25, -0.2) is 0 Å². The number of carbonyl (C=O) groups is 2. The Kier molecular flexibility index (Phi) is 9.75. The lowest BCUT2D eigenvalue weighted by molar-refractivity contribution is -0.157. The summed E-state index contributed by atoms with van der Waals surface area (Å²) in [5.74, 6) is 1.55. The topological polar surface area (TPSA) is 80.3 Å². The number of aryl methyl sites for hydroxylation is 2. The van der Waals surface area contributed by atoms with Crippen molar-refractivity contribution in [3.8, 4) is 11.5 Å². The number of rotatable bonds is 9. The SMILES string of the molecule is COc1cccc(CN2CCO[C@@](COc3cc(C)c(Cl)c(C)c3)(CC(=O)N3CCC(NC(C)=O)CC3)C2)c1. The molecular formula is C30H40ClN3O5. The molecule has 2 saturated heterocycles. The van der Waals surface area contributed by atoms with Gasteiger partial charge >= 0.3 is 0 Å². The fraction of sp³-hybridized carbons (Fsp3) is 0.533. The summed E-state index contributed by atoms with van der Waals surface area (Å²) in [4.78, 5) is 29.2. The van der Waals surface area contributed by atoms with Crippen LogP contribution in [0.3, 0.4) is 0 Å². The lowest BCUT2D eigenvalue weighted by Crippen LogP contribution is -2.57. The summed E-state index contributed by atoms with van der Waals surface area (Å²) in [6.45, 7) is 9.46. The zero-order chi connectivity index (χ0) is 28.0. The van der Waals surface area contributed by atoms with E-state index in [0.29, 0.717) is 32.0 Å². The van der Waals surface area contributed by atoms with Gasteiger partial charge in [-0.3, -0.25) is 14.5 Å². The van der Waals surface area contributed by atoms with Crippen molar-refractivity contribution in [2.24, 2.45) is 0 Å². The highest BCUT2D eigenvalue weighted by molar-refractivity contribution is 6.32. The van der Waals surface area contributed by atoms with E-state index in [1.807, 2.05) is 49.1 Å². The van der Waals surface area contributed by atoms with Gasteiger partial charge < -0.3 is 24.4 Å². The van der Waals surface area contributed by atoms with Crippen LogP contribution in [0.1, 0.15) is 42.9 Å². The van der Waals surface area contributed by atoms with E-state index in [4.69, 9.17) is 25.8 Å². The zero-order valence-corrected chi connectivity index (χ0v) is 24.2. The van der Waals surface area contributed by atoms with Gasteiger partial charge in [0, 0.05) is 50.7 Å². The molecule has 2 fully saturated rings. The van der Waals surface area contributed by atoms with Crippen LogP contribution in [0.25, 0.3) is 0 Å². The molecule has 39 heavy (non-hydrogen) atoms. The maximum Gasteiger partial charge on any atom is 0.225 e. The Balaban J connectivity index is 1.49. The highest BCUT2D eigenvalue weighted by Gasteiger charge is 2.41. The van der Waals surface area contributed by atoms with Crippen molar-refractivity contribution in [1.29, 1.82) is 0 Å². The molecule has 2 amide bonds. The second-order valence-electron chi connectivity index (χ2n) is 10.8. The number of likely N-dealkylation sites (tertiary alicyclic amines) is 1. The first-order valence-electron chi connectivity index (χ1n) is 13.6. The molecule has 2 aromatic rings. The van der Waals surface area contributed by atoms with Gasteiger partial charge in [-0.1, -0.05) is 23.7 Å². The Hall–Kier alpha value is -2.81. The van der Waals surface area contributed by atoms with E-state index in [1.165, 1.54) is 6.92 Å². The number of hydrogen-bond acceptors (Lipinski definition) is 6. The van der Waals surface area contributed by atoms with Crippen molar-refractivity contribution in [3.63, 3.8) is 0 Å². The van der Waals surface area contributed by atoms with Crippen LogP contribution >= 0.6 is 11.6 Å². The van der Waals surface area contributed by atoms with Crippen molar-refractivity contribution in [2.45, 2.75) is 58.2 Å². The molecule has 0 spiro atoms. The number of methoxy groups -OCH3 is 1. The van der Waals surface area contributed by atoms with Crippen LogP contribution in [0.4, 0.5) is 0 Å². The smallest absolute Gasteiger partial charge is 0.225 e. The molecule has 8 nitrogen and oxygen atoms in total. The second-order valence-corrected chi connectivity index (χ2v) is 11.2. The Morgan fingerprint density at radius 3 is 2.49 bits per heavy atom. The zero-order valence-electron chi connectivity index (χ0n) is 23.4. The summed E-state index contributed by atoms with van der Waals surface area (Å²) in [7, 11) is 1.67. The van der Waals surface area contributed by atoms with E-state index in [-0.39, 0.29) is 30.9 Å². The lowest BCUT2D eigenvalue weighted by atomic mass is 9.95. The minimum atomic E-state index is -0.801. The van der Waals surface area contributed by atoms with Gasteiger partial charge in [0.2, 0.25) is 11.8 Å². The predicted octanol–water partition coefficient (Wildman–Crippen LogP) is 4.13. The molecule has 0 saturated carbocycles. The molecular weight excluding hydrogens is 518 g/mol. The van der Waals surface area contributed by atoms with Gasteiger partial charge in [-0.15, -0.1) is 0 Å². The summed E-state index contributed by atoms with van der Waals surface area (Å²) < 4.78 is 18.1. The van der Waals surface area contributed by atoms with Gasteiger partial charge in [0.15, 0.2) is 0 Å². The van der Waals surface area contributed by atoms with E-state index >= 15 is 0 Å². The Morgan fingerprint density at radius 2 is 1.82 bits per heavy atom. The Morgan fingerprint density at radius 1 is 1.10 bits per heavy atom. The molecule has 1 N–H and O–H groups in total. The third kappa shape index (κ3) is 7.87. The van der Waals surface area contributed by atoms with E-state index in [9.17, 15) is 9.59 Å². The number of piperidine rings is 1. The van der Waals surface area contributed by atoms with Gasteiger partial charge in [0.1, 0.15) is 23.7 Å². The van der Waals surface area contributed by atoms with Crippen molar-refractivity contribution in [2.75, 3.05) is 46.5 Å². The molecule has 0 radical (unpaired) electrons. The molecule has 0 bridgehead atoms. The number of amides is 2. The summed E-state index contributed by atoms with van der Waals surface area (Å²) >= 11 is 6.37. The van der Waals surface area contributed by atoms with Crippen LogP contribution in [-0.4, -0.2) is 79.8 Å². The second kappa shape index (κ2) is 13.0. The lowest BCUT2D eigenvalue weighted by Gasteiger charge is -2.43.